The number of aromatic nitrogens is 2. The fourth-order valence-corrected chi connectivity index (χ4v) is 2.62. The quantitative estimate of drug-likeness (QED) is 0.932. The molecular formula is C16H18N4O2. The van der Waals surface area contributed by atoms with Crippen molar-refractivity contribution in [1.82, 2.24) is 9.97 Å². The van der Waals surface area contributed by atoms with Gasteiger partial charge in [-0.05, 0) is 19.1 Å². The first-order valence-electron chi connectivity index (χ1n) is 7.27. The summed E-state index contributed by atoms with van der Waals surface area (Å²) in [6.45, 7) is 5.14. The molecule has 1 aromatic carbocycles. The molecule has 114 valence electrons. The van der Waals surface area contributed by atoms with Gasteiger partial charge < -0.3 is 14.9 Å². The molecule has 0 spiro atoms. The summed E-state index contributed by atoms with van der Waals surface area (Å²) < 4.78 is 0. The van der Waals surface area contributed by atoms with Crippen molar-refractivity contribution in [3.05, 3.63) is 47.8 Å². The minimum Gasteiger partial charge on any atom is -0.478 e. The van der Waals surface area contributed by atoms with Crippen LogP contribution >= 0.6 is 0 Å². The molecule has 0 saturated carbocycles. The van der Waals surface area contributed by atoms with Crippen molar-refractivity contribution < 1.29 is 9.90 Å². The third-order valence-electron chi connectivity index (χ3n) is 3.88. The Labute approximate surface area is 129 Å². The van der Waals surface area contributed by atoms with E-state index in [9.17, 15) is 4.79 Å². The Kier molecular flexibility index (Phi) is 3.91. The van der Waals surface area contributed by atoms with Gasteiger partial charge in [-0.15, -0.1) is 0 Å². The number of piperazine rings is 1. The average Bonchev–Trinajstić information content (AvgIpc) is 2.55. The van der Waals surface area contributed by atoms with Crippen LogP contribution in [0.1, 0.15) is 16.1 Å². The van der Waals surface area contributed by atoms with Crippen molar-refractivity contribution in [3.8, 4) is 0 Å². The number of carbonyl (C=O) groups is 1. The lowest BCUT2D eigenvalue weighted by Gasteiger charge is -2.36. The third-order valence-corrected chi connectivity index (χ3v) is 3.88. The van der Waals surface area contributed by atoms with E-state index in [0.29, 0.717) is 11.6 Å². The van der Waals surface area contributed by atoms with Crippen molar-refractivity contribution in [1.29, 1.82) is 0 Å². The molecule has 0 bridgehead atoms. The predicted octanol–water partition coefficient (Wildman–Crippen LogP) is 1.81. The molecule has 0 aliphatic carbocycles. The Morgan fingerprint density at radius 3 is 2.32 bits per heavy atom. The summed E-state index contributed by atoms with van der Waals surface area (Å²) >= 11 is 0. The summed E-state index contributed by atoms with van der Waals surface area (Å²) in [6, 6.07) is 10.3. The van der Waals surface area contributed by atoms with Gasteiger partial charge in [0.2, 0.25) is 5.95 Å². The van der Waals surface area contributed by atoms with Crippen molar-refractivity contribution >= 4 is 17.6 Å². The number of anilines is 2. The Morgan fingerprint density at radius 2 is 1.73 bits per heavy atom. The summed E-state index contributed by atoms with van der Waals surface area (Å²) in [4.78, 5) is 24.0. The van der Waals surface area contributed by atoms with Gasteiger partial charge in [0.25, 0.3) is 0 Å². The molecule has 1 aliphatic heterocycles. The third kappa shape index (κ3) is 2.86. The van der Waals surface area contributed by atoms with Crippen LogP contribution in [0.25, 0.3) is 0 Å². The first kappa shape index (κ1) is 14.3. The monoisotopic (exact) mass is 298 g/mol. The molecule has 1 aromatic heterocycles. The molecule has 0 atom stereocenters. The summed E-state index contributed by atoms with van der Waals surface area (Å²) in [5.41, 5.74) is 1.88. The molecule has 0 radical (unpaired) electrons. The van der Waals surface area contributed by atoms with E-state index in [1.807, 2.05) is 18.2 Å². The highest BCUT2D eigenvalue weighted by Gasteiger charge is 2.20. The standard InChI is InChI=1S/C16H18N4O2/c1-12-14(15(21)22)11-17-16(18-12)20-9-7-19(8-10-20)13-5-3-2-4-6-13/h2-6,11H,7-10H2,1H3,(H,21,22). The molecule has 3 rings (SSSR count). The highest BCUT2D eigenvalue weighted by molar-refractivity contribution is 5.88. The van der Waals surface area contributed by atoms with Crippen LogP contribution < -0.4 is 9.80 Å². The van der Waals surface area contributed by atoms with Gasteiger partial charge in [-0.25, -0.2) is 14.8 Å². The maximum atomic E-state index is 11.0. The van der Waals surface area contributed by atoms with Gasteiger partial charge in [0.1, 0.15) is 0 Å². The lowest BCUT2D eigenvalue weighted by molar-refractivity contribution is 0.0695. The number of para-hydroxylation sites is 1. The van der Waals surface area contributed by atoms with Crippen LogP contribution in [-0.4, -0.2) is 47.2 Å². The topological polar surface area (TPSA) is 69.6 Å². The van der Waals surface area contributed by atoms with E-state index in [4.69, 9.17) is 5.11 Å². The zero-order valence-electron chi connectivity index (χ0n) is 12.4. The highest BCUT2D eigenvalue weighted by atomic mass is 16.4. The number of carboxylic acid groups (broad SMARTS) is 1. The molecule has 6 nitrogen and oxygen atoms in total. The Morgan fingerprint density at radius 1 is 1.09 bits per heavy atom. The van der Waals surface area contributed by atoms with Crippen LogP contribution in [0.15, 0.2) is 36.5 Å². The highest BCUT2D eigenvalue weighted by Crippen LogP contribution is 2.18. The van der Waals surface area contributed by atoms with Gasteiger partial charge in [-0.2, -0.15) is 0 Å². The number of aryl methyl sites for hydroxylation is 1. The van der Waals surface area contributed by atoms with Crippen molar-refractivity contribution in [2.45, 2.75) is 6.92 Å². The van der Waals surface area contributed by atoms with Crippen LogP contribution in [0, 0.1) is 6.92 Å². The van der Waals surface area contributed by atoms with E-state index in [0.717, 1.165) is 26.2 Å². The normalized spacial score (nSPS) is 15.0. The predicted molar refractivity (Wildman–Crippen MR) is 84.6 cm³/mol. The second-order valence-electron chi connectivity index (χ2n) is 5.28. The van der Waals surface area contributed by atoms with Gasteiger partial charge in [-0.1, -0.05) is 18.2 Å². The smallest absolute Gasteiger partial charge is 0.339 e. The second-order valence-corrected chi connectivity index (χ2v) is 5.28. The zero-order valence-corrected chi connectivity index (χ0v) is 12.4. The fourth-order valence-electron chi connectivity index (χ4n) is 2.62. The second kappa shape index (κ2) is 6.01. The number of hydrogen-bond donors (Lipinski definition) is 1. The fraction of sp³-hybridized carbons (Fsp3) is 0.312. The van der Waals surface area contributed by atoms with Gasteiger partial charge >= 0.3 is 5.97 Å². The number of benzene rings is 1. The maximum absolute atomic E-state index is 11.0. The molecule has 2 heterocycles. The molecular weight excluding hydrogens is 280 g/mol. The molecule has 1 saturated heterocycles. The van der Waals surface area contributed by atoms with Gasteiger partial charge in [-0.3, -0.25) is 0 Å². The van der Waals surface area contributed by atoms with E-state index in [2.05, 4.69) is 31.9 Å². The minimum atomic E-state index is -0.988. The summed E-state index contributed by atoms with van der Waals surface area (Å²) in [5.74, 6) is -0.381. The maximum Gasteiger partial charge on any atom is 0.339 e. The summed E-state index contributed by atoms with van der Waals surface area (Å²) in [6.07, 6.45) is 1.39. The SMILES string of the molecule is Cc1nc(N2CCN(c3ccccc3)CC2)ncc1C(=O)O. The van der Waals surface area contributed by atoms with Crippen LogP contribution in [0.2, 0.25) is 0 Å². The molecule has 0 amide bonds. The van der Waals surface area contributed by atoms with Crippen molar-refractivity contribution in [2.24, 2.45) is 0 Å². The Hall–Kier alpha value is -2.63. The Balaban J connectivity index is 1.69. The summed E-state index contributed by atoms with van der Waals surface area (Å²) in [7, 11) is 0. The van der Waals surface area contributed by atoms with Crippen LogP contribution in [0.4, 0.5) is 11.6 Å². The lowest BCUT2D eigenvalue weighted by atomic mass is 10.2. The van der Waals surface area contributed by atoms with Crippen molar-refractivity contribution in [3.63, 3.8) is 0 Å². The molecule has 0 unspecified atom stereocenters. The van der Waals surface area contributed by atoms with E-state index in [-0.39, 0.29) is 5.56 Å². The minimum absolute atomic E-state index is 0.159. The van der Waals surface area contributed by atoms with Crippen LogP contribution in [-0.2, 0) is 0 Å². The molecule has 1 fully saturated rings. The average molecular weight is 298 g/mol. The molecule has 1 aliphatic rings. The first-order chi connectivity index (χ1) is 10.6. The molecule has 6 heteroatoms. The van der Waals surface area contributed by atoms with Crippen LogP contribution in [0.3, 0.4) is 0 Å². The van der Waals surface area contributed by atoms with Crippen LogP contribution in [0.5, 0.6) is 0 Å². The van der Waals surface area contributed by atoms with E-state index in [1.165, 1.54) is 11.9 Å². The first-order valence-corrected chi connectivity index (χ1v) is 7.27. The van der Waals surface area contributed by atoms with E-state index >= 15 is 0 Å². The van der Waals surface area contributed by atoms with E-state index < -0.39 is 5.97 Å². The molecule has 22 heavy (non-hydrogen) atoms. The summed E-state index contributed by atoms with van der Waals surface area (Å²) in [5, 5.41) is 9.03. The molecule has 1 N–H and O–H groups in total. The lowest BCUT2D eigenvalue weighted by Crippen LogP contribution is -2.47. The molecule has 2 aromatic rings. The van der Waals surface area contributed by atoms with Crippen molar-refractivity contribution in [2.75, 3.05) is 36.0 Å². The number of carboxylic acids is 1. The zero-order chi connectivity index (χ0) is 15.5. The van der Waals surface area contributed by atoms with Gasteiger partial charge in [0.05, 0.1) is 11.3 Å². The largest absolute Gasteiger partial charge is 0.478 e. The number of rotatable bonds is 3. The van der Waals surface area contributed by atoms with Gasteiger partial charge in [0, 0.05) is 38.1 Å². The number of aromatic carboxylic acids is 1. The number of hydrogen-bond acceptors (Lipinski definition) is 5. The Bertz CT molecular complexity index is 667. The number of nitrogens with zero attached hydrogens (tertiary/aromatic N) is 4. The van der Waals surface area contributed by atoms with E-state index in [1.54, 1.807) is 6.92 Å². The van der Waals surface area contributed by atoms with Gasteiger partial charge in [0.15, 0.2) is 0 Å².